The number of ether oxygens (including phenoxy) is 1. The van der Waals surface area contributed by atoms with Crippen LogP contribution in [0.3, 0.4) is 0 Å². The second kappa shape index (κ2) is 23.0. The number of ketones is 1. The summed E-state index contributed by atoms with van der Waals surface area (Å²) in [6.07, 6.45) is 11.6. The molecule has 2 unspecified atom stereocenters. The smallest absolute Gasteiger partial charge is 0.410 e. The number of benzene rings is 2. The summed E-state index contributed by atoms with van der Waals surface area (Å²) in [5, 5.41) is 5.20. The standard InChI is InChI=1S/C23H36ClN3O2.C13H19ClN2.C6H10O.CH4/c1-23(2,3)29-22(28)26-14-10-20(11-15-26)27-13-5-12-25(4)17-21(27)16-18-6-8-19(24)9-7-18;1-16-8-2-7-15-13(10-16)9-11-3-5-12(14)6-4-11;7-6-4-2-1-3-5-6;/h6-9,20-21H,5,10-17H2,1-4H3;3-6,13,15H,2,7-10H2,1H3;1-5H2;1H4. The van der Waals surface area contributed by atoms with Crippen molar-refractivity contribution < 1.29 is 14.3 Å². The highest BCUT2D eigenvalue weighted by Crippen LogP contribution is 2.25. The lowest BCUT2D eigenvalue weighted by Gasteiger charge is -2.42. The first-order valence-corrected chi connectivity index (χ1v) is 20.4. The van der Waals surface area contributed by atoms with Gasteiger partial charge in [-0.2, -0.15) is 0 Å². The Morgan fingerprint density at radius 3 is 1.85 bits per heavy atom. The molecule has 1 aliphatic carbocycles. The van der Waals surface area contributed by atoms with Gasteiger partial charge in [0, 0.05) is 73.7 Å². The third kappa shape index (κ3) is 17.0. The predicted molar refractivity (Wildman–Crippen MR) is 222 cm³/mol. The Kier molecular flexibility index (Phi) is 19.6. The summed E-state index contributed by atoms with van der Waals surface area (Å²) in [6, 6.07) is 18.0. The van der Waals surface area contributed by atoms with Gasteiger partial charge in [-0.1, -0.05) is 61.3 Å². The van der Waals surface area contributed by atoms with Crippen LogP contribution in [0.15, 0.2) is 48.5 Å². The highest BCUT2D eigenvalue weighted by Gasteiger charge is 2.34. The molecule has 8 nitrogen and oxygen atoms in total. The highest BCUT2D eigenvalue weighted by molar-refractivity contribution is 6.30. The zero-order valence-electron chi connectivity index (χ0n) is 32.6. The van der Waals surface area contributed by atoms with Crippen molar-refractivity contribution in [2.45, 2.75) is 123 Å². The fraction of sp³-hybridized carbons (Fsp3) is 0.674. The molecule has 2 atom stereocenters. The van der Waals surface area contributed by atoms with Gasteiger partial charge >= 0.3 is 6.09 Å². The molecule has 298 valence electrons. The van der Waals surface area contributed by atoms with Crippen LogP contribution >= 0.6 is 23.2 Å². The largest absolute Gasteiger partial charge is 0.444 e. The van der Waals surface area contributed by atoms with Crippen molar-refractivity contribution in [1.82, 2.24) is 24.9 Å². The van der Waals surface area contributed by atoms with E-state index in [-0.39, 0.29) is 13.5 Å². The summed E-state index contributed by atoms with van der Waals surface area (Å²) < 4.78 is 5.56. The van der Waals surface area contributed by atoms with E-state index in [4.69, 9.17) is 27.9 Å². The van der Waals surface area contributed by atoms with Crippen molar-refractivity contribution in [2.75, 3.05) is 66.5 Å². The molecule has 1 amide bonds. The van der Waals surface area contributed by atoms with E-state index < -0.39 is 5.60 Å². The van der Waals surface area contributed by atoms with Crippen LogP contribution in [-0.2, 0) is 22.4 Å². The number of nitrogens with zero attached hydrogens (tertiary/aromatic N) is 4. The Bertz CT molecular complexity index is 1340. The Morgan fingerprint density at radius 2 is 1.30 bits per heavy atom. The summed E-state index contributed by atoms with van der Waals surface area (Å²) in [7, 11) is 4.42. The van der Waals surface area contributed by atoms with Crippen LogP contribution in [-0.4, -0.2) is 122 Å². The van der Waals surface area contributed by atoms with Gasteiger partial charge in [0.1, 0.15) is 11.4 Å². The van der Waals surface area contributed by atoms with Crippen LogP contribution in [0.1, 0.15) is 97.1 Å². The summed E-state index contributed by atoms with van der Waals surface area (Å²) in [4.78, 5) is 32.3. The Morgan fingerprint density at radius 1 is 0.755 bits per heavy atom. The molecule has 4 aliphatic rings. The van der Waals surface area contributed by atoms with Crippen molar-refractivity contribution in [1.29, 1.82) is 0 Å². The maximum atomic E-state index is 12.4. The number of nitrogens with one attached hydrogen (secondary N) is 1. The van der Waals surface area contributed by atoms with E-state index in [1.807, 2.05) is 49.9 Å². The lowest BCUT2D eigenvalue weighted by Crippen LogP contribution is -2.52. The van der Waals surface area contributed by atoms with Gasteiger partial charge in [-0.05, 0) is 141 Å². The van der Waals surface area contributed by atoms with Gasteiger partial charge in [0.25, 0.3) is 0 Å². The van der Waals surface area contributed by atoms with Crippen LogP contribution in [0, 0.1) is 0 Å². The minimum Gasteiger partial charge on any atom is -0.444 e. The molecule has 0 aromatic heterocycles. The maximum absolute atomic E-state index is 12.4. The molecule has 53 heavy (non-hydrogen) atoms. The van der Waals surface area contributed by atoms with E-state index in [9.17, 15) is 9.59 Å². The van der Waals surface area contributed by atoms with Gasteiger partial charge in [-0.15, -0.1) is 0 Å². The molecule has 3 saturated heterocycles. The van der Waals surface area contributed by atoms with Gasteiger partial charge in [0.05, 0.1) is 0 Å². The number of Topliss-reactive ketones (excluding diaryl/α,β-unsaturated/α-hetero) is 1. The van der Waals surface area contributed by atoms with Crippen LogP contribution in [0.2, 0.25) is 10.0 Å². The minimum absolute atomic E-state index is 0. The number of rotatable bonds is 5. The number of hydrogen-bond donors (Lipinski definition) is 1. The van der Waals surface area contributed by atoms with Gasteiger partial charge in [-0.3, -0.25) is 9.69 Å². The van der Waals surface area contributed by atoms with E-state index >= 15 is 0 Å². The Labute approximate surface area is 331 Å². The van der Waals surface area contributed by atoms with Crippen LogP contribution in [0.5, 0.6) is 0 Å². The first kappa shape index (κ1) is 45.2. The van der Waals surface area contributed by atoms with Crippen LogP contribution in [0.4, 0.5) is 4.79 Å². The molecule has 0 radical (unpaired) electrons. The second-order valence-electron chi connectivity index (χ2n) is 16.2. The molecule has 1 saturated carbocycles. The molecule has 2 aromatic rings. The maximum Gasteiger partial charge on any atom is 0.410 e. The first-order valence-electron chi connectivity index (χ1n) is 19.7. The van der Waals surface area contributed by atoms with Crippen molar-refractivity contribution in [2.24, 2.45) is 0 Å². The normalized spacial score (nSPS) is 22.5. The van der Waals surface area contributed by atoms with Crippen LogP contribution in [0.25, 0.3) is 0 Å². The number of carbonyl (C=O) groups excluding carboxylic acids is 2. The monoisotopic (exact) mass is 773 g/mol. The van der Waals surface area contributed by atoms with E-state index in [2.05, 4.69) is 58.4 Å². The van der Waals surface area contributed by atoms with E-state index in [0.717, 1.165) is 107 Å². The number of likely N-dealkylation sites (N-methyl/N-ethyl adjacent to an activating group) is 2. The molecule has 1 N–H and O–H groups in total. The molecule has 10 heteroatoms. The molecule has 0 spiro atoms. The van der Waals surface area contributed by atoms with Crippen molar-refractivity contribution in [3.05, 3.63) is 69.7 Å². The topological polar surface area (TPSA) is 68.4 Å². The SMILES string of the molecule is C.CN1CCCN(C2CCN(C(=O)OC(C)(C)C)CC2)C(Cc2ccc(Cl)cc2)C1.CN1CCCNC(Cc2ccc(Cl)cc2)C1.O=C1CCCCC1. The average molecular weight is 775 g/mol. The third-order valence-corrected chi connectivity index (χ3v) is 10.9. The Hall–Kier alpha value is -2.20. The number of amides is 1. The molecular formula is C43H69Cl2N5O3. The third-order valence-electron chi connectivity index (χ3n) is 10.4. The molecule has 3 aliphatic heterocycles. The fourth-order valence-electron chi connectivity index (χ4n) is 7.70. The second-order valence-corrected chi connectivity index (χ2v) is 17.1. The van der Waals surface area contributed by atoms with Crippen molar-refractivity contribution in [3.63, 3.8) is 0 Å². The summed E-state index contributed by atoms with van der Waals surface area (Å²) >= 11 is 12.0. The fourth-order valence-corrected chi connectivity index (χ4v) is 7.95. The highest BCUT2D eigenvalue weighted by atomic mass is 35.5. The number of carbonyl (C=O) groups is 2. The van der Waals surface area contributed by atoms with Gasteiger partial charge < -0.3 is 24.8 Å². The van der Waals surface area contributed by atoms with Gasteiger partial charge in [0.15, 0.2) is 0 Å². The van der Waals surface area contributed by atoms with E-state index in [1.54, 1.807) is 0 Å². The summed E-state index contributed by atoms with van der Waals surface area (Å²) in [6.45, 7) is 14.1. The quantitative estimate of drug-likeness (QED) is 0.327. The summed E-state index contributed by atoms with van der Waals surface area (Å²) in [5.74, 6) is 0.464. The first-order chi connectivity index (χ1) is 24.8. The Balaban J connectivity index is 0.000000262. The summed E-state index contributed by atoms with van der Waals surface area (Å²) in [5.41, 5.74) is 2.26. The molecule has 0 bridgehead atoms. The minimum atomic E-state index is -0.438. The van der Waals surface area contributed by atoms with Gasteiger partial charge in [-0.25, -0.2) is 4.79 Å². The number of piperidine rings is 1. The molecule has 2 aromatic carbocycles. The molecular weight excluding hydrogens is 705 g/mol. The average Bonchev–Trinajstić information content (AvgIpc) is 3.43. The zero-order chi connectivity index (χ0) is 37.5. The van der Waals surface area contributed by atoms with Crippen molar-refractivity contribution >= 4 is 35.1 Å². The molecule has 4 fully saturated rings. The van der Waals surface area contributed by atoms with E-state index in [0.29, 0.717) is 23.9 Å². The number of halogens is 2. The van der Waals surface area contributed by atoms with E-state index in [1.165, 1.54) is 36.9 Å². The lowest BCUT2D eigenvalue weighted by molar-refractivity contribution is -0.120. The predicted octanol–water partition coefficient (Wildman–Crippen LogP) is 8.62. The molecule has 6 rings (SSSR count). The molecule has 3 heterocycles. The number of hydrogen-bond acceptors (Lipinski definition) is 7. The zero-order valence-corrected chi connectivity index (χ0v) is 34.1. The lowest BCUT2D eigenvalue weighted by atomic mass is 9.97. The van der Waals surface area contributed by atoms with Crippen LogP contribution < -0.4 is 5.32 Å². The number of likely N-dealkylation sites (tertiary alicyclic amines) is 1. The van der Waals surface area contributed by atoms with Gasteiger partial charge in [0.2, 0.25) is 0 Å². The van der Waals surface area contributed by atoms with Crippen molar-refractivity contribution in [3.8, 4) is 0 Å².